The normalized spacial score (nSPS) is 30.5. The summed E-state index contributed by atoms with van der Waals surface area (Å²) in [5.41, 5.74) is 6.12. The third-order valence-corrected chi connectivity index (χ3v) is 7.02. The third-order valence-electron chi connectivity index (χ3n) is 5.46. The lowest BCUT2D eigenvalue weighted by molar-refractivity contribution is -0.124. The Balaban J connectivity index is 1.63. The highest BCUT2D eigenvalue weighted by Gasteiger charge is 2.40. The van der Waals surface area contributed by atoms with Gasteiger partial charge in [-0.3, -0.25) is 4.79 Å². The topological polar surface area (TPSA) is 101 Å². The fourth-order valence-electron chi connectivity index (χ4n) is 4.27. The average molecular weight is 365 g/mol. The quantitative estimate of drug-likeness (QED) is 0.733. The zero-order valence-corrected chi connectivity index (χ0v) is 15.3. The Labute approximate surface area is 149 Å². The second-order valence-electron chi connectivity index (χ2n) is 7.37. The van der Waals surface area contributed by atoms with Gasteiger partial charge in [-0.25, -0.2) is 8.42 Å². The molecule has 7 heteroatoms. The van der Waals surface area contributed by atoms with Crippen LogP contribution in [0.5, 0.6) is 0 Å². The van der Waals surface area contributed by atoms with Crippen LogP contribution in [0.2, 0.25) is 0 Å². The molecule has 0 aliphatic heterocycles. The minimum atomic E-state index is -3.70. The van der Waals surface area contributed by atoms with E-state index in [1.54, 1.807) is 25.1 Å². The number of nitrogens with two attached hydrogens (primary N) is 1. The van der Waals surface area contributed by atoms with E-state index in [1.807, 2.05) is 0 Å². The lowest BCUT2D eigenvalue weighted by Gasteiger charge is -2.45. The lowest BCUT2D eigenvalue weighted by Crippen LogP contribution is -2.57. The summed E-state index contributed by atoms with van der Waals surface area (Å²) in [6.07, 6.45) is 5.22. The minimum absolute atomic E-state index is 0.115. The lowest BCUT2D eigenvalue weighted by atomic mass is 9.67. The molecule has 0 radical (unpaired) electrons. The molecule has 0 spiro atoms. The van der Waals surface area contributed by atoms with E-state index in [-0.39, 0.29) is 22.9 Å². The van der Waals surface area contributed by atoms with Crippen LogP contribution in [0, 0.1) is 11.8 Å². The summed E-state index contributed by atoms with van der Waals surface area (Å²) in [5.74, 6) is 0.547. The highest BCUT2D eigenvalue weighted by Crippen LogP contribution is 2.39. The fraction of sp³-hybridized carbons (Fsp3) is 0.611. The van der Waals surface area contributed by atoms with Crippen molar-refractivity contribution in [3.05, 3.63) is 30.3 Å². The van der Waals surface area contributed by atoms with Crippen LogP contribution < -0.4 is 15.8 Å². The molecular formula is C18H27N3O3S. The highest BCUT2D eigenvalue weighted by molar-refractivity contribution is 7.89. The van der Waals surface area contributed by atoms with Crippen LogP contribution in [-0.2, 0) is 14.8 Å². The Bertz CT molecular complexity index is 694. The van der Waals surface area contributed by atoms with E-state index in [0.29, 0.717) is 11.8 Å². The van der Waals surface area contributed by atoms with Crippen LogP contribution in [0.1, 0.15) is 39.0 Å². The molecule has 3 unspecified atom stereocenters. The van der Waals surface area contributed by atoms with Crippen LogP contribution in [-0.4, -0.2) is 32.5 Å². The molecule has 138 valence electrons. The van der Waals surface area contributed by atoms with E-state index in [2.05, 4.69) is 10.0 Å². The van der Waals surface area contributed by atoms with Crippen molar-refractivity contribution < 1.29 is 13.2 Å². The molecule has 2 aliphatic rings. The van der Waals surface area contributed by atoms with E-state index < -0.39 is 16.1 Å². The summed E-state index contributed by atoms with van der Waals surface area (Å²) in [6.45, 7) is 1.58. The predicted molar refractivity (Wildman–Crippen MR) is 96.2 cm³/mol. The van der Waals surface area contributed by atoms with Gasteiger partial charge in [-0.2, -0.15) is 4.72 Å². The SMILES string of the molecule is CC(NS(=O)(=O)c1ccccc1)C(=O)NC1C2CCCC1CC(N)C2. The van der Waals surface area contributed by atoms with Crippen LogP contribution in [0.25, 0.3) is 0 Å². The van der Waals surface area contributed by atoms with Gasteiger partial charge in [0, 0.05) is 12.1 Å². The summed E-state index contributed by atoms with van der Waals surface area (Å²) in [7, 11) is -3.70. The zero-order chi connectivity index (χ0) is 18.0. The van der Waals surface area contributed by atoms with Gasteiger partial charge in [0.05, 0.1) is 10.9 Å². The van der Waals surface area contributed by atoms with E-state index >= 15 is 0 Å². The van der Waals surface area contributed by atoms with Gasteiger partial charge in [0.15, 0.2) is 0 Å². The summed E-state index contributed by atoms with van der Waals surface area (Å²) >= 11 is 0. The van der Waals surface area contributed by atoms with Gasteiger partial charge in [-0.1, -0.05) is 24.6 Å². The minimum Gasteiger partial charge on any atom is -0.351 e. The summed E-state index contributed by atoms with van der Waals surface area (Å²) < 4.78 is 27.2. The van der Waals surface area contributed by atoms with Gasteiger partial charge in [0.1, 0.15) is 0 Å². The summed E-state index contributed by atoms with van der Waals surface area (Å²) in [4.78, 5) is 12.7. The molecule has 1 aromatic rings. The highest BCUT2D eigenvalue weighted by atomic mass is 32.2. The first-order chi connectivity index (χ1) is 11.9. The van der Waals surface area contributed by atoms with Gasteiger partial charge in [-0.15, -0.1) is 0 Å². The summed E-state index contributed by atoms with van der Waals surface area (Å²) in [5, 5.41) is 3.09. The van der Waals surface area contributed by atoms with Crippen molar-refractivity contribution in [2.24, 2.45) is 17.6 Å². The number of sulfonamides is 1. The Morgan fingerprint density at radius 3 is 2.36 bits per heavy atom. The number of hydrogen-bond acceptors (Lipinski definition) is 4. The van der Waals surface area contributed by atoms with Crippen molar-refractivity contribution >= 4 is 15.9 Å². The molecule has 1 amide bonds. The van der Waals surface area contributed by atoms with E-state index in [0.717, 1.165) is 25.7 Å². The Morgan fingerprint density at radius 2 is 1.76 bits per heavy atom. The first kappa shape index (κ1) is 18.4. The molecule has 2 aliphatic carbocycles. The number of carbonyl (C=O) groups is 1. The molecule has 4 N–H and O–H groups in total. The monoisotopic (exact) mass is 365 g/mol. The van der Waals surface area contributed by atoms with Crippen molar-refractivity contribution in [3.63, 3.8) is 0 Å². The Morgan fingerprint density at radius 1 is 1.16 bits per heavy atom. The van der Waals surface area contributed by atoms with Gasteiger partial charge >= 0.3 is 0 Å². The smallest absolute Gasteiger partial charge is 0.241 e. The Hall–Kier alpha value is -1.44. The van der Waals surface area contributed by atoms with Crippen molar-refractivity contribution in [2.45, 2.75) is 62.0 Å². The molecule has 2 bridgehead atoms. The van der Waals surface area contributed by atoms with Gasteiger partial charge < -0.3 is 11.1 Å². The molecule has 0 aromatic heterocycles. The molecule has 25 heavy (non-hydrogen) atoms. The fourth-order valence-corrected chi connectivity index (χ4v) is 5.49. The maximum atomic E-state index is 12.6. The second-order valence-corrected chi connectivity index (χ2v) is 9.09. The maximum absolute atomic E-state index is 12.6. The number of nitrogens with one attached hydrogen (secondary N) is 2. The number of hydrogen-bond donors (Lipinski definition) is 3. The van der Waals surface area contributed by atoms with Crippen LogP contribution in [0.4, 0.5) is 0 Å². The predicted octanol–water partition coefficient (Wildman–Crippen LogP) is 1.38. The van der Waals surface area contributed by atoms with E-state index in [9.17, 15) is 13.2 Å². The van der Waals surface area contributed by atoms with Crippen molar-refractivity contribution in [1.82, 2.24) is 10.0 Å². The van der Waals surface area contributed by atoms with Crippen molar-refractivity contribution in [3.8, 4) is 0 Å². The largest absolute Gasteiger partial charge is 0.351 e. The number of rotatable bonds is 5. The molecule has 1 aromatic carbocycles. The molecule has 3 rings (SSSR count). The van der Waals surface area contributed by atoms with Gasteiger partial charge in [0.2, 0.25) is 15.9 Å². The number of fused-ring (bicyclic) bond motifs is 2. The van der Waals surface area contributed by atoms with E-state index in [4.69, 9.17) is 5.73 Å². The first-order valence-electron chi connectivity index (χ1n) is 9.00. The molecule has 3 atom stereocenters. The summed E-state index contributed by atoms with van der Waals surface area (Å²) in [6, 6.07) is 7.61. The zero-order valence-electron chi connectivity index (χ0n) is 14.5. The van der Waals surface area contributed by atoms with Gasteiger partial charge in [0.25, 0.3) is 0 Å². The van der Waals surface area contributed by atoms with Gasteiger partial charge in [-0.05, 0) is 56.6 Å². The Kier molecular flexibility index (Phi) is 5.46. The van der Waals surface area contributed by atoms with E-state index in [1.165, 1.54) is 18.6 Å². The number of carbonyl (C=O) groups excluding carboxylic acids is 1. The standard InChI is InChI=1S/C18H27N3O3S/c1-12(21-25(23,24)16-8-3-2-4-9-16)18(22)20-17-13-6-5-7-14(17)11-15(19)10-13/h2-4,8-9,12-15,17,21H,5-7,10-11,19H2,1H3,(H,20,22). The van der Waals surface area contributed by atoms with Crippen LogP contribution >= 0.6 is 0 Å². The van der Waals surface area contributed by atoms with Crippen molar-refractivity contribution in [1.29, 1.82) is 0 Å². The molecule has 0 heterocycles. The molecular weight excluding hydrogens is 338 g/mol. The average Bonchev–Trinajstić information content (AvgIpc) is 2.56. The third kappa shape index (κ3) is 4.22. The molecule has 2 fully saturated rings. The second kappa shape index (κ2) is 7.43. The first-order valence-corrected chi connectivity index (χ1v) is 10.5. The maximum Gasteiger partial charge on any atom is 0.241 e. The molecule has 6 nitrogen and oxygen atoms in total. The number of amides is 1. The molecule has 0 saturated heterocycles. The van der Waals surface area contributed by atoms with Crippen LogP contribution in [0.15, 0.2) is 35.2 Å². The number of benzene rings is 1. The molecule has 2 saturated carbocycles. The van der Waals surface area contributed by atoms with Crippen molar-refractivity contribution in [2.75, 3.05) is 0 Å². The van der Waals surface area contributed by atoms with Crippen LogP contribution in [0.3, 0.4) is 0 Å².